The molecular formula is C14H8BrN7O. The summed E-state index contributed by atoms with van der Waals surface area (Å²) in [4.78, 5) is 12.5. The van der Waals surface area contributed by atoms with Gasteiger partial charge < -0.3 is 4.52 Å². The van der Waals surface area contributed by atoms with Crippen LogP contribution in [0.15, 0.2) is 58.0 Å². The van der Waals surface area contributed by atoms with Gasteiger partial charge in [-0.25, -0.2) is 9.67 Å². The van der Waals surface area contributed by atoms with Gasteiger partial charge in [-0.3, -0.25) is 4.98 Å². The molecule has 23 heavy (non-hydrogen) atoms. The molecule has 0 saturated carbocycles. The van der Waals surface area contributed by atoms with Gasteiger partial charge in [0.15, 0.2) is 5.69 Å². The van der Waals surface area contributed by atoms with Crippen LogP contribution in [0.4, 0.5) is 0 Å². The molecule has 8 nitrogen and oxygen atoms in total. The summed E-state index contributed by atoms with van der Waals surface area (Å²) in [5.74, 6) is 0.652. The maximum atomic E-state index is 5.32. The number of aromatic nitrogens is 7. The van der Waals surface area contributed by atoms with E-state index in [0.717, 1.165) is 10.2 Å². The predicted molar refractivity (Wildman–Crippen MR) is 83.4 cm³/mol. The highest BCUT2D eigenvalue weighted by Gasteiger charge is 2.18. The molecule has 4 aromatic rings. The summed E-state index contributed by atoms with van der Waals surface area (Å²) in [5, 5.41) is 12.0. The summed E-state index contributed by atoms with van der Waals surface area (Å²) in [6.45, 7) is 0. The maximum absolute atomic E-state index is 5.32. The van der Waals surface area contributed by atoms with E-state index in [0.29, 0.717) is 23.1 Å². The summed E-state index contributed by atoms with van der Waals surface area (Å²) < 4.78 is 7.82. The van der Waals surface area contributed by atoms with Gasteiger partial charge in [0.25, 0.3) is 5.89 Å². The molecule has 0 amide bonds. The first-order valence-corrected chi connectivity index (χ1v) is 7.38. The minimum Gasteiger partial charge on any atom is -0.332 e. The van der Waals surface area contributed by atoms with Crippen molar-refractivity contribution in [2.75, 3.05) is 0 Å². The number of nitrogens with zero attached hydrogens (tertiary/aromatic N) is 7. The van der Waals surface area contributed by atoms with Gasteiger partial charge in [0.1, 0.15) is 5.69 Å². The second kappa shape index (κ2) is 5.69. The molecule has 0 unspecified atom stereocenters. The zero-order chi connectivity index (χ0) is 15.6. The Balaban J connectivity index is 1.78. The average Bonchev–Trinajstić information content (AvgIpc) is 3.25. The Hall–Kier alpha value is -2.94. The number of hydrogen-bond donors (Lipinski definition) is 0. The van der Waals surface area contributed by atoms with Gasteiger partial charge in [-0.15, -0.1) is 5.10 Å². The largest absolute Gasteiger partial charge is 0.332 e. The van der Waals surface area contributed by atoms with Crippen LogP contribution in [-0.4, -0.2) is 35.1 Å². The minimum atomic E-state index is 0.298. The van der Waals surface area contributed by atoms with Crippen LogP contribution in [0.1, 0.15) is 0 Å². The molecule has 3 aromatic heterocycles. The van der Waals surface area contributed by atoms with Crippen molar-refractivity contribution in [3.63, 3.8) is 0 Å². The van der Waals surface area contributed by atoms with Crippen LogP contribution in [0, 0.1) is 0 Å². The van der Waals surface area contributed by atoms with Crippen molar-refractivity contribution in [3.05, 3.63) is 53.5 Å². The molecule has 0 radical (unpaired) electrons. The third-order valence-electron chi connectivity index (χ3n) is 3.07. The first-order chi connectivity index (χ1) is 11.3. The molecule has 3 heterocycles. The van der Waals surface area contributed by atoms with E-state index in [1.54, 1.807) is 29.5 Å². The van der Waals surface area contributed by atoms with Crippen molar-refractivity contribution in [2.45, 2.75) is 0 Å². The molecule has 0 aliphatic carbocycles. The Morgan fingerprint density at radius 1 is 1.09 bits per heavy atom. The zero-order valence-electron chi connectivity index (χ0n) is 11.5. The molecule has 0 atom stereocenters. The smallest absolute Gasteiger partial charge is 0.278 e. The van der Waals surface area contributed by atoms with Gasteiger partial charge in [-0.2, -0.15) is 4.98 Å². The topological polar surface area (TPSA) is 95.4 Å². The third kappa shape index (κ3) is 2.50. The number of para-hydroxylation sites is 1. The van der Waals surface area contributed by atoms with Crippen LogP contribution in [0.5, 0.6) is 0 Å². The Labute approximate surface area is 138 Å². The SMILES string of the molecule is Brc1ccccc1-n1nncc1-c1nc(-c2cnccn2)no1. The lowest BCUT2D eigenvalue weighted by atomic mass is 10.3. The summed E-state index contributed by atoms with van der Waals surface area (Å²) >= 11 is 3.49. The summed E-state index contributed by atoms with van der Waals surface area (Å²) in [6, 6.07) is 7.65. The zero-order valence-corrected chi connectivity index (χ0v) is 13.1. The molecule has 0 aliphatic rings. The average molecular weight is 370 g/mol. The van der Waals surface area contributed by atoms with Gasteiger partial charge in [-0.05, 0) is 28.1 Å². The number of hydrogen-bond acceptors (Lipinski definition) is 7. The highest BCUT2D eigenvalue weighted by molar-refractivity contribution is 9.10. The van der Waals surface area contributed by atoms with Crippen LogP contribution in [0.25, 0.3) is 28.8 Å². The van der Waals surface area contributed by atoms with Crippen LogP contribution in [-0.2, 0) is 0 Å². The highest BCUT2D eigenvalue weighted by Crippen LogP contribution is 2.26. The van der Waals surface area contributed by atoms with E-state index in [4.69, 9.17) is 4.52 Å². The lowest BCUT2D eigenvalue weighted by Gasteiger charge is -2.04. The van der Waals surface area contributed by atoms with Crippen molar-refractivity contribution in [1.29, 1.82) is 0 Å². The fourth-order valence-electron chi connectivity index (χ4n) is 2.03. The lowest BCUT2D eigenvalue weighted by molar-refractivity contribution is 0.429. The minimum absolute atomic E-state index is 0.298. The van der Waals surface area contributed by atoms with Crippen molar-refractivity contribution in [3.8, 4) is 28.8 Å². The van der Waals surface area contributed by atoms with E-state index in [1.807, 2.05) is 24.3 Å². The second-order valence-corrected chi connectivity index (χ2v) is 5.35. The lowest BCUT2D eigenvalue weighted by Crippen LogP contribution is -2.00. The Bertz CT molecular complexity index is 950. The normalized spacial score (nSPS) is 10.8. The van der Waals surface area contributed by atoms with E-state index < -0.39 is 0 Å². The monoisotopic (exact) mass is 369 g/mol. The molecular weight excluding hydrogens is 362 g/mol. The summed E-state index contributed by atoms with van der Waals surface area (Å²) in [6.07, 6.45) is 6.28. The number of benzene rings is 1. The van der Waals surface area contributed by atoms with Crippen LogP contribution in [0.2, 0.25) is 0 Å². The van der Waals surface area contributed by atoms with Gasteiger partial charge in [-0.1, -0.05) is 22.5 Å². The summed E-state index contributed by atoms with van der Waals surface area (Å²) in [5.41, 5.74) is 1.93. The maximum Gasteiger partial charge on any atom is 0.278 e. The standard InChI is InChI=1S/C14H8BrN7O/c15-9-3-1-2-4-11(9)22-12(8-18-21-22)14-19-13(20-23-14)10-7-16-5-6-17-10/h1-8H. The molecule has 9 heteroatoms. The second-order valence-electron chi connectivity index (χ2n) is 4.50. The van der Waals surface area contributed by atoms with Crippen LogP contribution < -0.4 is 0 Å². The van der Waals surface area contributed by atoms with E-state index >= 15 is 0 Å². The molecule has 0 bridgehead atoms. The Kier molecular flexibility index (Phi) is 3.39. The molecule has 0 aliphatic heterocycles. The molecule has 4 rings (SSSR count). The van der Waals surface area contributed by atoms with Crippen LogP contribution in [0.3, 0.4) is 0 Å². The van der Waals surface area contributed by atoms with Gasteiger partial charge in [0, 0.05) is 16.9 Å². The van der Waals surface area contributed by atoms with Crippen molar-refractivity contribution in [2.24, 2.45) is 0 Å². The van der Waals surface area contributed by atoms with E-state index in [-0.39, 0.29) is 0 Å². The Morgan fingerprint density at radius 2 is 2.00 bits per heavy atom. The molecule has 0 N–H and O–H groups in total. The van der Waals surface area contributed by atoms with Gasteiger partial charge in [0.2, 0.25) is 5.82 Å². The quantitative estimate of drug-likeness (QED) is 0.547. The van der Waals surface area contributed by atoms with Crippen molar-refractivity contribution in [1.82, 2.24) is 35.1 Å². The molecule has 0 fully saturated rings. The first-order valence-electron chi connectivity index (χ1n) is 6.59. The molecule has 112 valence electrons. The fraction of sp³-hybridized carbons (Fsp3) is 0. The number of rotatable bonds is 3. The number of halogens is 1. The van der Waals surface area contributed by atoms with E-state index in [1.165, 1.54) is 0 Å². The molecule has 0 saturated heterocycles. The molecule has 0 spiro atoms. The van der Waals surface area contributed by atoms with Crippen molar-refractivity contribution < 1.29 is 4.52 Å². The summed E-state index contributed by atoms with van der Waals surface area (Å²) in [7, 11) is 0. The highest BCUT2D eigenvalue weighted by atomic mass is 79.9. The first kappa shape index (κ1) is 13.7. The Morgan fingerprint density at radius 3 is 2.83 bits per heavy atom. The van der Waals surface area contributed by atoms with Crippen molar-refractivity contribution >= 4 is 15.9 Å². The third-order valence-corrected chi connectivity index (χ3v) is 3.74. The van der Waals surface area contributed by atoms with Crippen LogP contribution >= 0.6 is 15.9 Å². The van der Waals surface area contributed by atoms with E-state index in [9.17, 15) is 0 Å². The fourth-order valence-corrected chi connectivity index (χ4v) is 2.48. The van der Waals surface area contributed by atoms with E-state index in [2.05, 4.69) is 46.4 Å². The van der Waals surface area contributed by atoms with Gasteiger partial charge in [0.05, 0.1) is 18.1 Å². The molecule has 1 aromatic carbocycles. The van der Waals surface area contributed by atoms with Gasteiger partial charge >= 0.3 is 0 Å². The predicted octanol–water partition coefficient (Wildman–Crippen LogP) is 2.54.